The van der Waals surface area contributed by atoms with Crippen LogP contribution in [-0.4, -0.2) is 99.0 Å². The minimum Gasteiger partial charge on any atom is -0.372 e. The van der Waals surface area contributed by atoms with Crippen LogP contribution in [0.25, 0.3) is 33.1 Å². The minimum absolute atomic E-state index is 0.340. The third kappa shape index (κ3) is 20.0. The second-order valence-corrected chi connectivity index (χ2v) is 35.5. The SMILES string of the molecule is Brc1ccc2cc(I)[nH]c2n1.C#Cc1ccc(N(C)CCF)cc1.CN(CCF)c1ccc(C#Cc2cc3ccc(Br)nc3n2COCC[Si](C)(C)C)cc1.C[Si](C)(C)CCOCn1c(I)cc2ccc(Br)nc21. The molecule has 0 saturated heterocycles. The molecule has 6 aromatic heterocycles. The molecular weight excluding hydrogens is 1390 g/mol. The van der Waals surface area contributed by atoms with Crippen molar-refractivity contribution in [2.24, 2.45) is 0 Å². The van der Waals surface area contributed by atoms with Gasteiger partial charge in [-0.1, -0.05) is 51.1 Å². The van der Waals surface area contributed by atoms with Crippen molar-refractivity contribution in [3.05, 3.63) is 141 Å². The fraction of sp³-hybridized carbons (Fsp3) is 0.327. The Bertz CT molecular complexity index is 3160. The molecule has 392 valence electrons. The number of terminal acetylenes is 1. The van der Waals surface area contributed by atoms with Crippen LogP contribution in [-0.2, 0) is 22.9 Å². The zero-order valence-electron chi connectivity index (χ0n) is 43.1. The van der Waals surface area contributed by atoms with Gasteiger partial charge in [0.25, 0.3) is 0 Å². The van der Waals surface area contributed by atoms with Crippen LogP contribution >= 0.6 is 93.0 Å². The molecule has 0 saturated carbocycles. The normalized spacial score (nSPS) is 11.2. The van der Waals surface area contributed by atoms with Crippen LogP contribution in [0, 0.1) is 31.6 Å². The number of hydrogen-bond donors (Lipinski definition) is 1. The van der Waals surface area contributed by atoms with Gasteiger partial charge in [0.2, 0.25) is 0 Å². The Morgan fingerprint density at radius 1 is 0.608 bits per heavy atom. The lowest BCUT2D eigenvalue weighted by molar-refractivity contribution is 0.0883. The van der Waals surface area contributed by atoms with Crippen LogP contribution in [0.5, 0.6) is 0 Å². The van der Waals surface area contributed by atoms with Crippen molar-refractivity contribution in [3.8, 4) is 24.2 Å². The Morgan fingerprint density at radius 3 is 1.57 bits per heavy atom. The Morgan fingerprint density at radius 2 is 1.07 bits per heavy atom. The van der Waals surface area contributed by atoms with E-state index in [9.17, 15) is 8.78 Å². The lowest BCUT2D eigenvalue weighted by atomic mass is 10.2. The number of H-pyrrole nitrogens is 1. The first kappa shape index (κ1) is 61.2. The molecule has 0 fully saturated rings. The molecule has 0 amide bonds. The number of aromatic nitrogens is 6. The van der Waals surface area contributed by atoms with Crippen LogP contribution in [0.3, 0.4) is 0 Å². The van der Waals surface area contributed by atoms with Gasteiger partial charge < -0.3 is 24.3 Å². The smallest absolute Gasteiger partial charge is 0.144 e. The van der Waals surface area contributed by atoms with E-state index in [0.29, 0.717) is 26.6 Å². The van der Waals surface area contributed by atoms with Crippen molar-refractivity contribution in [2.75, 3.05) is 63.5 Å². The Labute approximate surface area is 489 Å². The van der Waals surface area contributed by atoms with E-state index in [0.717, 1.165) is 102 Å². The number of alkyl halides is 2. The van der Waals surface area contributed by atoms with E-state index in [1.54, 1.807) is 0 Å². The first-order valence-corrected chi connectivity index (χ1v) is 35.8. The molecule has 0 aliphatic carbocycles. The van der Waals surface area contributed by atoms with Crippen LogP contribution in [0.1, 0.15) is 16.8 Å². The number of benzene rings is 2. The summed E-state index contributed by atoms with van der Waals surface area (Å²) >= 11 is 14.8. The van der Waals surface area contributed by atoms with Crippen LogP contribution in [0.2, 0.25) is 51.4 Å². The van der Waals surface area contributed by atoms with E-state index in [1.165, 1.54) is 6.04 Å². The second kappa shape index (κ2) is 29.7. The lowest BCUT2D eigenvalue weighted by Crippen LogP contribution is -2.22. The topological polar surface area (TPSA) is 89.3 Å². The van der Waals surface area contributed by atoms with Crippen molar-refractivity contribution in [2.45, 2.75) is 64.8 Å². The first-order valence-electron chi connectivity index (χ1n) is 23.8. The summed E-state index contributed by atoms with van der Waals surface area (Å²) in [5.41, 5.74) is 7.34. The second-order valence-electron chi connectivity index (χ2n) is 19.5. The average Bonchev–Trinajstić information content (AvgIpc) is 4.01. The number of aromatic amines is 1. The number of halogens is 7. The summed E-state index contributed by atoms with van der Waals surface area (Å²) in [5, 5.41) is 3.34. The van der Waals surface area contributed by atoms with E-state index in [2.05, 4.69) is 193 Å². The largest absolute Gasteiger partial charge is 0.372 e. The van der Waals surface area contributed by atoms with Crippen molar-refractivity contribution in [1.29, 1.82) is 0 Å². The molecule has 0 atom stereocenters. The van der Waals surface area contributed by atoms with Gasteiger partial charge >= 0.3 is 0 Å². The number of pyridine rings is 3. The summed E-state index contributed by atoms with van der Waals surface area (Å²) in [4.78, 5) is 20.3. The zero-order chi connectivity index (χ0) is 54.0. The van der Waals surface area contributed by atoms with E-state index in [4.69, 9.17) is 15.9 Å². The predicted octanol–water partition coefficient (Wildman–Crippen LogP) is 15.6. The predicted molar refractivity (Wildman–Crippen MR) is 338 cm³/mol. The van der Waals surface area contributed by atoms with E-state index in [1.807, 2.05) is 113 Å². The average molecular weight is 1460 g/mol. The maximum atomic E-state index is 12.6. The molecule has 8 rings (SSSR count). The molecule has 0 spiro atoms. The Hall–Kier alpha value is -3.66. The monoisotopic (exact) mass is 1450 g/mol. The number of anilines is 2. The van der Waals surface area contributed by atoms with Gasteiger partial charge in [-0.2, -0.15) is 0 Å². The quantitative estimate of drug-likeness (QED) is 0.0339. The number of fused-ring (bicyclic) bond motifs is 3. The third-order valence-corrected chi connectivity index (χ3v) is 17.4. The Balaban J connectivity index is 0.000000200. The summed E-state index contributed by atoms with van der Waals surface area (Å²) in [6.07, 6.45) is 5.21. The summed E-state index contributed by atoms with van der Waals surface area (Å²) in [7, 11) is 1.58. The standard InChI is InChI=1S/C24H29BrFN3OSi.C13H18BrIN2OSi.C11H12FN.C7H4BrIN2/c1-28(14-13-26)21-9-5-19(6-10-21)7-11-22-17-20-8-12-23(25)27-24(20)29(22)18-30-15-16-31(2,3)4;1-19(2,3)7-6-18-9-17-12(15)8-10-4-5-11(14)16-13(10)17;1-3-10-4-6-11(7-5-10)13(2)9-8-12;8-5-2-1-4-3-6(9)11-7(4)10-5/h5-6,8-10,12,17H,13-16,18H2,1-4H3;4-5,8H,6-7,9H2,1-3H3;1,4-7H,8-9H2,2H3;1-3H,(H,10,11). The molecule has 0 unspecified atom stereocenters. The van der Waals surface area contributed by atoms with Gasteiger partial charge in [0, 0.05) is 95.2 Å². The van der Waals surface area contributed by atoms with Gasteiger partial charge in [0.15, 0.2) is 0 Å². The van der Waals surface area contributed by atoms with Gasteiger partial charge in [-0.25, -0.2) is 23.7 Å². The van der Waals surface area contributed by atoms with E-state index in [-0.39, 0.29) is 13.3 Å². The van der Waals surface area contributed by atoms with Gasteiger partial charge in [-0.15, -0.1) is 6.42 Å². The van der Waals surface area contributed by atoms with Crippen molar-refractivity contribution in [1.82, 2.24) is 29.1 Å². The molecule has 0 radical (unpaired) electrons. The Kier molecular flexibility index (Phi) is 24.6. The maximum absolute atomic E-state index is 12.6. The van der Waals surface area contributed by atoms with Gasteiger partial charge in [-0.3, -0.25) is 9.13 Å². The number of nitrogens with one attached hydrogen (secondary N) is 1. The summed E-state index contributed by atoms with van der Waals surface area (Å²) in [6, 6.07) is 35.9. The van der Waals surface area contributed by atoms with Gasteiger partial charge in [0.1, 0.15) is 57.6 Å². The number of hydrogen-bond acceptors (Lipinski definition) is 7. The molecule has 0 aliphatic heterocycles. The molecule has 19 heteroatoms. The molecule has 1 N–H and O–H groups in total. The lowest BCUT2D eigenvalue weighted by Gasteiger charge is -2.17. The zero-order valence-corrected chi connectivity index (χ0v) is 54.1. The fourth-order valence-electron chi connectivity index (χ4n) is 6.81. The molecule has 0 aliphatic rings. The van der Waals surface area contributed by atoms with Gasteiger partial charge in [-0.05, 0) is 214 Å². The van der Waals surface area contributed by atoms with Crippen LogP contribution in [0.4, 0.5) is 20.2 Å². The molecule has 8 aromatic rings. The van der Waals surface area contributed by atoms with E-state index >= 15 is 0 Å². The number of rotatable bonds is 16. The molecular formula is C55H63Br3F2I2N8O2Si2. The summed E-state index contributed by atoms with van der Waals surface area (Å²) in [5.74, 6) is 9.05. The molecule has 0 bridgehead atoms. The highest BCUT2D eigenvalue weighted by molar-refractivity contribution is 14.1. The highest BCUT2D eigenvalue weighted by Gasteiger charge is 2.15. The third-order valence-electron chi connectivity index (χ3n) is 11.2. The fourth-order valence-corrected chi connectivity index (χ4v) is 10.5. The van der Waals surface area contributed by atoms with Crippen LogP contribution in [0.15, 0.2) is 117 Å². The molecule has 2 aromatic carbocycles. The highest BCUT2D eigenvalue weighted by atomic mass is 127. The number of ether oxygens (including phenoxy) is 2. The van der Waals surface area contributed by atoms with E-state index < -0.39 is 16.1 Å². The first-order chi connectivity index (χ1) is 35.2. The summed E-state index contributed by atoms with van der Waals surface area (Å²) < 4.78 is 45.3. The molecule has 6 heterocycles. The van der Waals surface area contributed by atoms with Crippen molar-refractivity contribution >= 4 is 154 Å². The van der Waals surface area contributed by atoms with Crippen molar-refractivity contribution < 1.29 is 18.3 Å². The maximum Gasteiger partial charge on any atom is 0.144 e. The summed E-state index contributed by atoms with van der Waals surface area (Å²) in [6.45, 7) is 16.8. The van der Waals surface area contributed by atoms with Crippen molar-refractivity contribution in [3.63, 3.8) is 0 Å². The molecule has 74 heavy (non-hydrogen) atoms. The van der Waals surface area contributed by atoms with Gasteiger partial charge in [0.05, 0.1) is 13.1 Å². The van der Waals surface area contributed by atoms with Crippen LogP contribution < -0.4 is 9.80 Å². The minimum atomic E-state index is -1.14. The number of nitrogens with zero attached hydrogens (tertiary/aromatic N) is 7. The molecule has 10 nitrogen and oxygen atoms in total. The highest BCUT2D eigenvalue weighted by Crippen LogP contribution is 2.24.